The van der Waals surface area contributed by atoms with Gasteiger partial charge in [-0.2, -0.15) is 0 Å². The zero-order valence-corrected chi connectivity index (χ0v) is 10.6. The molecule has 3 N–H and O–H groups in total. The van der Waals surface area contributed by atoms with E-state index in [1.165, 1.54) is 12.1 Å². The number of anilines is 1. The lowest BCUT2D eigenvalue weighted by molar-refractivity contribution is 0.0951. The lowest BCUT2D eigenvalue weighted by Gasteiger charge is -2.10. The third-order valence-electron chi connectivity index (χ3n) is 2.87. The minimum absolute atomic E-state index is 0.250. The van der Waals surface area contributed by atoms with Crippen LogP contribution in [0.3, 0.4) is 0 Å². The van der Waals surface area contributed by atoms with E-state index in [1.54, 1.807) is 24.3 Å². The first-order valence-corrected chi connectivity index (χ1v) is 5.95. The average Bonchev–Trinajstić information content (AvgIpc) is 2.36. The van der Waals surface area contributed by atoms with Crippen LogP contribution in [0.5, 0.6) is 0 Å². The van der Waals surface area contributed by atoms with Gasteiger partial charge in [0.15, 0.2) is 0 Å². The number of hydrogen-bond acceptors (Lipinski definition) is 2. The first-order valence-electron chi connectivity index (χ1n) is 5.95. The topological polar surface area (TPSA) is 55.1 Å². The predicted octanol–water partition coefficient (Wildman–Crippen LogP) is 2.65. The molecule has 1 amide bonds. The molecule has 0 unspecified atom stereocenters. The van der Waals surface area contributed by atoms with E-state index in [9.17, 15) is 9.18 Å². The molecule has 0 aliphatic carbocycles. The summed E-state index contributed by atoms with van der Waals surface area (Å²) in [5.41, 5.74) is 8.23. The van der Waals surface area contributed by atoms with E-state index in [0.717, 1.165) is 5.56 Å². The molecule has 0 fully saturated rings. The average molecular weight is 258 g/mol. The molecule has 0 saturated carbocycles. The van der Waals surface area contributed by atoms with Crippen LogP contribution < -0.4 is 11.1 Å². The highest BCUT2D eigenvalue weighted by molar-refractivity contribution is 6.00. The van der Waals surface area contributed by atoms with Crippen molar-refractivity contribution in [1.29, 1.82) is 0 Å². The molecule has 0 aliphatic rings. The molecule has 2 aromatic rings. The van der Waals surface area contributed by atoms with Gasteiger partial charge in [0.25, 0.3) is 5.91 Å². The molecular formula is C15H15FN2O. The molecule has 3 nitrogen and oxygen atoms in total. The number of nitrogens with one attached hydrogen (secondary N) is 1. The number of carbonyl (C=O) groups is 1. The normalized spacial score (nSPS) is 10.2. The highest BCUT2D eigenvalue weighted by Gasteiger charge is 2.11. The first-order chi connectivity index (χ1) is 9.08. The summed E-state index contributed by atoms with van der Waals surface area (Å²) in [6.07, 6.45) is 0. The molecule has 0 spiro atoms. The maximum absolute atomic E-state index is 13.0. The van der Waals surface area contributed by atoms with Gasteiger partial charge in [-0.1, -0.05) is 24.3 Å². The zero-order chi connectivity index (χ0) is 13.8. The Kier molecular flexibility index (Phi) is 3.80. The molecule has 0 heterocycles. The van der Waals surface area contributed by atoms with Crippen molar-refractivity contribution < 1.29 is 9.18 Å². The van der Waals surface area contributed by atoms with Crippen molar-refractivity contribution in [3.8, 4) is 0 Å². The summed E-state index contributed by atoms with van der Waals surface area (Å²) in [5.74, 6) is -0.568. The fourth-order valence-electron chi connectivity index (χ4n) is 1.92. The first kappa shape index (κ1) is 13.1. The van der Waals surface area contributed by atoms with E-state index in [1.807, 2.05) is 13.0 Å². The van der Waals surface area contributed by atoms with Crippen molar-refractivity contribution in [3.05, 3.63) is 65.0 Å². The maximum Gasteiger partial charge on any atom is 0.253 e. The van der Waals surface area contributed by atoms with Crippen LogP contribution >= 0.6 is 0 Å². The quantitative estimate of drug-likeness (QED) is 0.831. The summed E-state index contributed by atoms with van der Waals surface area (Å²) in [4.78, 5) is 12.1. The van der Waals surface area contributed by atoms with Gasteiger partial charge in [0, 0.05) is 12.2 Å². The van der Waals surface area contributed by atoms with E-state index in [4.69, 9.17) is 5.73 Å². The Labute approximate surface area is 111 Å². The maximum atomic E-state index is 13.0. The molecule has 2 aromatic carbocycles. The van der Waals surface area contributed by atoms with Gasteiger partial charge in [0.05, 0.1) is 5.56 Å². The van der Waals surface area contributed by atoms with Crippen molar-refractivity contribution in [1.82, 2.24) is 5.32 Å². The van der Waals surface area contributed by atoms with Gasteiger partial charge >= 0.3 is 0 Å². The van der Waals surface area contributed by atoms with Crippen LogP contribution in [0.4, 0.5) is 10.1 Å². The SMILES string of the molecule is Cc1cccc(N)c1C(=O)NCc1cccc(F)c1. The smallest absolute Gasteiger partial charge is 0.253 e. The van der Waals surface area contributed by atoms with E-state index >= 15 is 0 Å². The van der Waals surface area contributed by atoms with Gasteiger partial charge in [-0.25, -0.2) is 4.39 Å². The number of aryl methyl sites for hydroxylation is 1. The minimum atomic E-state index is -0.317. The summed E-state index contributed by atoms with van der Waals surface area (Å²) in [7, 11) is 0. The summed E-state index contributed by atoms with van der Waals surface area (Å²) in [6.45, 7) is 2.10. The predicted molar refractivity (Wildman–Crippen MR) is 73.2 cm³/mol. The number of amides is 1. The molecule has 0 aromatic heterocycles. The van der Waals surface area contributed by atoms with Crippen molar-refractivity contribution >= 4 is 11.6 Å². The standard InChI is InChI=1S/C15H15FN2O/c1-10-4-2-7-13(17)14(10)15(19)18-9-11-5-3-6-12(16)8-11/h2-8H,9,17H2,1H3,(H,18,19). The fraction of sp³-hybridized carbons (Fsp3) is 0.133. The fourth-order valence-corrected chi connectivity index (χ4v) is 1.92. The molecule has 0 saturated heterocycles. The zero-order valence-electron chi connectivity index (χ0n) is 10.6. The van der Waals surface area contributed by atoms with Crippen LogP contribution in [0.1, 0.15) is 21.5 Å². The van der Waals surface area contributed by atoms with Crippen LogP contribution in [-0.2, 0) is 6.54 Å². The Bertz CT molecular complexity index is 591. The van der Waals surface area contributed by atoms with Gasteiger partial charge in [-0.15, -0.1) is 0 Å². The molecule has 98 valence electrons. The van der Waals surface area contributed by atoms with E-state index < -0.39 is 0 Å². The molecule has 0 atom stereocenters. The molecule has 4 heteroatoms. The van der Waals surface area contributed by atoms with E-state index in [-0.39, 0.29) is 18.3 Å². The number of benzene rings is 2. The lowest BCUT2D eigenvalue weighted by Crippen LogP contribution is -2.24. The second-order valence-electron chi connectivity index (χ2n) is 4.35. The summed E-state index contributed by atoms with van der Waals surface area (Å²) in [6, 6.07) is 11.4. The summed E-state index contributed by atoms with van der Waals surface area (Å²) in [5, 5.41) is 2.74. The molecule has 2 rings (SSSR count). The highest BCUT2D eigenvalue weighted by Crippen LogP contribution is 2.16. The van der Waals surface area contributed by atoms with Gasteiger partial charge in [-0.05, 0) is 36.2 Å². The number of rotatable bonds is 3. The molecule has 0 radical (unpaired) electrons. The van der Waals surface area contributed by atoms with Crippen LogP contribution in [0.15, 0.2) is 42.5 Å². The molecule has 0 bridgehead atoms. The molecule has 0 aliphatic heterocycles. The highest BCUT2D eigenvalue weighted by atomic mass is 19.1. The summed E-state index contributed by atoms with van der Waals surface area (Å²) < 4.78 is 13.0. The summed E-state index contributed by atoms with van der Waals surface area (Å²) >= 11 is 0. The van der Waals surface area contributed by atoms with Gasteiger partial charge in [0.1, 0.15) is 5.82 Å². The van der Waals surface area contributed by atoms with Crippen molar-refractivity contribution in [3.63, 3.8) is 0 Å². The third kappa shape index (κ3) is 3.10. The van der Waals surface area contributed by atoms with Crippen LogP contribution in [0.2, 0.25) is 0 Å². The second-order valence-corrected chi connectivity index (χ2v) is 4.35. The van der Waals surface area contributed by atoms with Crippen molar-refractivity contribution in [2.45, 2.75) is 13.5 Å². The number of carbonyl (C=O) groups excluding carboxylic acids is 1. The second kappa shape index (κ2) is 5.52. The van der Waals surface area contributed by atoms with Gasteiger partial charge in [0.2, 0.25) is 0 Å². The minimum Gasteiger partial charge on any atom is -0.398 e. The Morgan fingerprint density at radius 1 is 1.26 bits per heavy atom. The largest absolute Gasteiger partial charge is 0.398 e. The van der Waals surface area contributed by atoms with Crippen molar-refractivity contribution in [2.24, 2.45) is 0 Å². The van der Waals surface area contributed by atoms with Crippen LogP contribution in [0, 0.1) is 12.7 Å². The molecule has 19 heavy (non-hydrogen) atoms. The third-order valence-corrected chi connectivity index (χ3v) is 2.87. The Balaban J connectivity index is 2.10. The number of nitrogens with two attached hydrogens (primary N) is 1. The Morgan fingerprint density at radius 2 is 2.00 bits per heavy atom. The van der Waals surface area contributed by atoms with E-state index in [0.29, 0.717) is 16.8 Å². The number of halogens is 1. The van der Waals surface area contributed by atoms with E-state index in [2.05, 4.69) is 5.32 Å². The number of hydrogen-bond donors (Lipinski definition) is 2. The van der Waals surface area contributed by atoms with Crippen molar-refractivity contribution in [2.75, 3.05) is 5.73 Å². The lowest BCUT2D eigenvalue weighted by atomic mass is 10.1. The van der Waals surface area contributed by atoms with Crippen LogP contribution in [-0.4, -0.2) is 5.91 Å². The Morgan fingerprint density at radius 3 is 2.68 bits per heavy atom. The number of nitrogen functional groups attached to an aromatic ring is 1. The monoisotopic (exact) mass is 258 g/mol. The van der Waals surface area contributed by atoms with Crippen LogP contribution in [0.25, 0.3) is 0 Å². The Hall–Kier alpha value is -2.36. The molecular weight excluding hydrogens is 243 g/mol. The van der Waals surface area contributed by atoms with Gasteiger partial charge < -0.3 is 11.1 Å². The van der Waals surface area contributed by atoms with Gasteiger partial charge in [-0.3, -0.25) is 4.79 Å².